The molecule has 1 heterocycles. The van der Waals surface area contributed by atoms with Crippen LogP contribution in [0, 0.1) is 6.92 Å². The lowest BCUT2D eigenvalue weighted by Crippen LogP contribution is -2.20. The maximum absolute atomic E-state index is 11.8. The van der Waals surface area contributed by atoms with Crippen molar-refractivity contribution in [2.24, 2.45) is 0 Å². The summed E-state index contributed by atoms with van der Waals surface area (Å²) < 4.78 is 1.51. The van der Waals surface area contributed by atoms with Crippen molar-refractivity contribution >= 4 is 28.9 Å². The molecule has 2 aromatic rings. The SMILES string of the molecule is Cc1cc(=O)n(Cc2cc(Cl)ccc2Cl)cc1N. The van der Waals surface area contributed by atoms with Crippen LogP contribution in [0.25, 0.3) is 0 Å². The molecular formula is C13H12Cl2N2O. The molecule has 0 radical (unpaired) electrons. The molecule has 0 aliphatic carbocycles. The van der Waals surface area contributed by atoms with Gasteiger partial charge in [-0.25, -0.2) is 0 Å². The molecule has 18 heavy (non-hydrogen) atoms. The van der Waals surface area contributed by atoms with Gasteiger partial charge in [0, 0.05) is 22.3 Å². The molecule has 3 nitrogen and oxygen atoms in total. The number of nitrogens with two attached hydrogens (primary N) is 1. The zero-order valence-electron chi connectivity index (χ0n) is 9.78. The van der Waals surface area contributed by atoms with Gasteiger partial charge >= 0.3 is 0 Å². The molecule has 5 heteroatoms. The van der Waals surface area contributed by atoms with Crippen molar-refractivity contribution in [2.75, 3.05) is 5.73 Å². The fourth-order valence-electron chi connectivity index (χ4n) is 1.66. The highest BCUT2D eigenvalue weighted by Crippen LogP contribution is 2.21. The van der Waals surface area contributed by atoms with Gasteiger partial charge in [0.2, 0.25) is 0 Å². The first-order chi connectivity index (χ1) is 8.47. The Morgan fingerprint density at radius 2 is 2.00 bits per heavy atom. The minimum Gasteiger partial charge on any atom is -0.397 e. The summed E-state index contributed by atoms with van der Waals surface area (Å²) in [6.45, 7) is 2.15. The molecule has 0 fully saturated rings. The molecule has 2 N–H and O–H groups in total. The minimum atomic E-state index is -0.113. The molecule has 0 unspecified atom stereocenters. The lowest BCUT2D eigenvalue weighted by atomic mass is 10.2. The van der Waals surface area contributed by atoms with Crippen LogP contribution in [0.4, 0.5) is 5.69 Å². The Hall–Kier alpha value is -1.45. The second-order valence-corrected chi connectivity index (χ2v) is 4.96. The van der Waals surface area contributed by atoms with Crippen molar-refractivity contribution in [3.63, 3.8) is 0 Å². The van der Waals surface area contributed by atoms with E-state index in [1.165, 1.54) is 10.6 Å². The van der Waals surface area contributed by atoms with E-state index in [4.69, 9.17) is 28.9 Å². The van der Waals surface area contributed by atoms with Crippen LogP contribution in [-0.4, -0.2) is 4.57 Å². The van der Waals surface area contributed by atoms with Crippen LogP contribution in [0.5, 0.6) is 0 Å². The van der Waals surface area contributed by atoms with Crippen LogP contribution >= 0.6 is 23.2 Å². The summed E-state index contributed by atoms with van der Waals surface area (Å²) in [6, 6.07) is 6.67. The Kier molecular flexibility index (Phi) is 3.64. The quantitative estimate of drug-likeness (QED) is 0.920. The topological polar surface area (TPSA) is 48.0 Å². The molecule has 0 saturated heterocycles. The number of hydrogen-bond donors (Lipinski definition) is 1. The smallest absolute Gasteiger partial charge is 0.251 e. The van der Waals surface area contributed by atoms with Crippen molar-refractivity contribution in [3.05, 3.63) is 62.0 Å². The van der Waals surface area contributed by atoms with E-state index in [9.17, 15) is 4.79 Å². The van der Waals surface area contributed by atoms with Gasteiger partial charge in [-0.2, -0.15) is 0 Å². The first kappa shape index (κ1) is 13.0. The number of aryl methyl sites for hydroxylation is 1. The fraction of sp³-hybridized carbons (Fsp3) is 0.154. The Balaban J connectivity index is 2.43. The van der Waals surface area contributed by atoms with Crippen LogP contribution < -0.4 is 11.3 Å². The predicted octanol–water partition coefficient (Wildman–Crippen LogP) is 3.09. The van der Waals surface area contributed by atoms with E-state index in [2.05, 4.69) is 0 Å². The number of nitrogens with zero attached hydrogens (tertiary/aromatic N) is 1. The summed E-state index contributed by atoms with van der Waals surface area (Å²) in [6.07, 6.45) is 1.62. The number of nitrogen functional groups attached to an aromatic ring is 1. The van der Waals surface area contributed by atoms with Crippen molar-refractivity contribution < 1.29 is 0 Å². The second kappa shape index (κ2) is 5.04. The van der Waals surface area contributed by atoms with Crippen LogP contribution in [0.1, 0.15) is 11.1 Å². The summed E-state index contributed by atoms with van der Waals surface area (Å²) in [7, 11) is 0. The third-order valence-electron chi connectivity index (χ3n) is 2.72. The van der Waals surface area contributed by atoms with Gasteiger partial charge in [0.25, 0.3) is 5.56 Å². The van der Waals surface area contributed by atoms with Gasteiger partial charge in [0.1, 0.15) is 0 Å². The standard InChI is InChI=1S/C13H12Cl2N2O/c1-8-4-13(18)17(7-12(8)16)6-9-5-10(14)2-3-11(9)15/h2-5,7H,6,16H2,1H3. The number of hydrogen-bond acceptors (Lipinski definition) is 2. The number of halogens is 2. The van der Waals surface area contributed by atoms with Gasteiger partial charge in [0.15, 0.2) is 0 Å². The summed E-state index contributed by atoms with van der Waals surface area (Å²) in [4.78, 5) is 11.8. The Morgan fingerprint density at radius 1 is 1.28 bits per heavy atom. The Labute approximate surface area is 115 Å². The van der Waals surface area contributed by atoms with Crippen molar-refractivity contribution in [2.45, 2.75) is 13.5 Å². The minimum absolute atomic E-state index is 0.113. The first-order valence-corrected chi connectivity index (χ1v) is 6.13. The average molecular weight is 283 g/mol. The summed E-state index contributed by atoms with van der Waals surface area (Å²) >= 11 is 12.0. The molecule has 0 aliphatic rings. The fourth-order valence-corrected chi connectivity index (χ4v) is 2.03. The van der Waals surface area contributed by atoms with E-state index in [1.807, 2.05) is 0 Å². The molecule has 0 atom stereocenters. The van der Waals surface area contributed by atoms with Gasteiger partial charge in [-0.1, -0.05) is 23.2 Å². The van der Waals surface area contributed by atoms with Crippen LogP contribution in [0.15, 0.2) is 35.3 Å². The molecule has 1 aromatic carbocycles. The highest BCUT2D eigenvalue weighted by molar-refractivity contribution is 6.33. The van der Waals surface area contributed by atoms with Crippen LogP contribution in [0.3, 0.4) is 0 Å². The van der Waals surface area contributed by atoms with Crippen LogP contribution in [0.2, 0.25) is 10.0 Å². The highest BCUT2D eigenvalue weighted by atomic mass is 35.5. The lowest BCUT2D eigenvalue weighted by molar-refractivity contribution is 0.759. The monoisotopic (exact) mass is 282 g/mol. The second-order valence-electron chi connectivity index (χ2n) is 4.11. The normalized spacial score (nSPS) is 10.6. The number of rotatable bonds is 2. The van der Waals surface area contributed by atoms with E-state index in [0.29, 0.717) is 22.3 Å². The van der Waals surface area contributed by atoms with Crippen molar-refractivity contribution in [1.29, 1.82) is 0 Å². The summed E-state index contributed by atoms with van der Waals surface area (Å²) in [5, 5.41) is 1.16. The Morgan fingerprint density at radius 3 is 2.72 bits per heavy atom. The van der Waals surface area contributed by atoms with Crippen molar-refractivity contribution in [1.82, 2.24) is 4.57 Å². The molecule has 0 saturated carbocycles. The first-order valence-electron chi connectivity index (χ1n) is 5.38. The molecule has 0 aliphatic heterocycles. The maximum atomic E-state index is 11.8. The molecule has 0 bridgehead atoms. The third kappa shape index (κ3) is 2.68. The molecule has 0 amide bonds. The number of pyridine rings is 1. The average Bonchev–Trinajstić information content (AvgIpc) is 2.30. The number of anilines is 1. The lowest BCUT2D eigenvalue weighted by Gasteiger charge is -2.10. The zero-order valence-corrected chi connectivity index (χ0v) is 11.3. The van der Waals surface area contributed by atoms with E-state index >= 15 is 0 Å². The number of aromatic nitrogens is 1. The molecule has 0 spiro atoms. The van der Waals surface area contributed by atoms with E-state index in [-0.39, 0.29) is 5.56 Å². The van der Waals surface area contributed by atoms with Gasteiger partial charge in [-0.05, 0) is 36.2 Å². The third-order valence-corrected chi connectivity index (χ3v) is 3.33. The van der Waals surface area contributed by atoms with E-state index in [1.54, 1.807) is 31.3 Å². The summed E-state index contributed by atoms with van der Waals surface area (Å²) in [5.41, 5.74) is 7.81. The molecule has 1 aromatic heterocycles. The van der Waals surface area contributed by atoms with E-state index in [0.717, 1.165) is 11.1 Å². The number of benzene rings is 1. The molecule has 2 rings (SSSR count). The highest BCUT2D eigenvalue weighted by Gasteiger charge is 2.05. The van der Waals surface area contributed by atoms with Gasteiger partial charge in [-0.3, -0.25) is 4.79 Å². The largest absolute Gasteiger partial charge is 0.397 e. The Bertz CT molecular complexity index is 650. The van der Waals surface area contributed by atoms with E-state index < -0.39 is 0 Å². The summed E-state index contributed by atoms with van der Waals surface area (Å²) in [5.74, 6) is 0. The van der Waals surface area contributed by atoms with Gasteiger partial charge in [0.05, 0.1) is 12.2 Å². The zero-order chi connectivity index (χ0) is 13.3. The molecular weight excluding hydrogens is 271 g/mol. The van der Waals surface area contributed by atoms with Gasteiger partial charge in [-0.15, -0.1) is 0 Å². The maximum Gasteiger partial charge on any atom is 0.251 e. The van der Waals surface area contributed by atoms with Crippen molar-refractivity contribution in [3.8, 4) is 0 Å². The molecule has 94 valence electrons. The predicted molar refractivity (Wildman–Crippen MR) is 75.4 cm³/mol. The van der Waals surface area contributed by atoms with Gasteiger partial charge < -0.3 is 10.3 Å². The van der Waals surface area contributed by atoms with Crippen LogP contribution in [-0.2, 0) is 6.54 Å².